The summed E-state index contributed by atoms with van der Waals surface area (Å²) in [5.41, 5.74) is 1.19. The molecule has 0 aromatic heterocycles. The maximum atomic E-state index is 11.3. The first-order valence-corrected chi connectivity index (χ1v) is 7.02. The SMILES string of the molecule is COc1ccc(CCCCN(C(=O)O)C2CNC2=O)cc1. The highest BCUT2D eigenvalue weighted by Gasteiger charge is 2.35. The fourth-order valence-corrected chi connectivity index (χ4v) is 2.32. The minimum Gasteiger partial charge on any atom is -0.497 e. The molecule has 1 aliphatic heterocycles. The number of nitrogens with zero attached hydrogens (tertiary/aromatic N) is 1. The van der Waals surface area contributed by atoms with E-state index in [1.165, 1.54) is 10.5 Å². The van der Waals surface area contributed by atoms with Crippen molar-refractivity contribution in [3.8, 4) is 5.75 Å². The summed E-state index contributed by atoms with van der Waals surface area (Å²) >= 11 is 0. The van der Waals surface area contributed by atoms with Crippen molar-refractivity contribution >= 4 is 12.0 Å². The molecular formula is C15H20N2O4. The lowest BCUT2D eigenvalue weighted by molar-refractivity contribution is -0.132. The van der Waals surface area contributed by atoms with Gasteiger partial charge in [-0.1, -0.05) is 12.1 Å². The predicted octanol–water partition coefficient (Wildman–Crippen LogP) is 1.50. The van der Waals surface area contributed by atoms with E-state index in [1.54, 1.807) is 7.11 Å². The van der Waals surface area contributed by atoms with E-state index in [2.05, 4.69) is 5.32 Å². The highest BCUT2D eigenvalue weighted by molar-refractivity contribution is 5.90. The molecular weight excluding hydrogens is 272 g/mol. The summed E-state index contributed by atoms with van der Waals surface area (Å²) < 4.78 is 5.10. The third-order valence-electron chi connectivity index (χ3n) is 3.67. The molecule has 0 spiro atoms. The molecule has 1 aromatic carbocycles. The summed E-state index contributed by atoms with van der Waals surface area (Å²) in [7, 11) is 1.63. The van der Waals surface area contributed by atoms with Crippen molar-refractivity contribution < 1.29 is 19.4 Å². The molecule has 0 radical (unpaired) electrons. The minimum atomic E-state index is -1.03. The molecule has 1 saturated heterocycles. The van der Waals surface area contributed by atoms with Gasteiger partial charge < -0.3 is 15.2 Å². The van der Waals surface area contributed by atoms with Gasteiger partial charge in [-0.05, 0) is 37.0 Å². The Bertz CT molecular complexity index is 501. The van der Waals surface area contributed by atoms with E-state index < -0.39 is 12.1 Å². The van der Waals surface area contributed by atoms with E-state index in [0.29, 0.717) is 13.1 Å². The number of methoxy groups -OCH3 is 1. The number of β-lactam (4-membered cyclic amide) rings is 1. The Morgan fingerprint density at radius 3 is 2.57 bits per heavy atom. The molecule has 0 aliphatic carbocycles. The maximum absolute atomic E-state index is 11.3. The number of hydrogen-bond acceptors (Lipinski definition) is 3. The van der Waals surface area contributed by atoms with Crippen LogP contribution in [0.4, 0.5) is 4.79 Å². The lowest BCUT2D eigenvalue weighted by atomic mass is 10.1. The summed E-state index contributed by atoms with van der Waals surface area (Å²) in [5.74, 6) is 0.624. The zero-order valence-electron chi connectivity index (χ0n) is 12.0. The number of amides is 2. The summed E-state index contributed by atoms with van der Waals surface area (Å²) in [6.07, 6.45) is 1.47. The maximum Gasteiger partial charge on any atom is 0.408 e. The van der Waals surface area contributed by atoms with Crippen LogP contribution in [0.25, 0.3) is 0 Å². The fourth-order valence-electron chi connectivity index (χ4n) is 2.32. The lowest BCUT2D eigenvalue weighted by Crippen LogP contribution is -2.63. The highest BCUT2D eigenvalue weighted by Crippen LogP contribution is 2.14. The number of aryl methyl sites for hydroxylation is 1. The Labute approximate surface area is 123 Å². The van der Waals surface area contributed by atoms with Gasteiger partial charge in [-0.2, -0.15) is 0 Å². The van der Waals surface area contributed by atoms with E-state index in [0.717, 1.165) is 25.0 Å². The van der Waals surface area contributed by atoms with E-state index >= 15 is 0 Å². The van der Waals surface area contributed by atoms with Crippen LogP contribution in [-0.2, 0) is 11.2 Å². The number of carboxylic acid groups (broad SMARTS) is 1. The number of carbonyl (C=O) groups excluding carboxylic acids is 1. The van der Waals surface area contributed by atoms with Crippen LogP contribution < -0.4 is 10.1 Å². The summed E-state index contributed by atoms with van der Waals surface area (Å²) in [6.45, 7) is 0.813. The molecule has 1 atom stereocenters. The van der Waals surface area contributed by atoms with Crippen LogP contribution in [-0.4, -0.2) is 48.2 Å². The Kier molecular flexibility index (Phi) is 5.03. The Hall–Kier alpha value is -2.24. The number of unbranched alkanes of at least 4 members (excludes halogenated alkanes) is 1. The van der Waals surface area contributed by atoms with Gasteiger partial charge in [-0.15, -0.1) is 0 Å². The molecule has 6 heteroatoms. The Balaban J connectivity index is 1.74. The van der Waals surface area contributed by atoms with Crippen LogP contribution in [0.3, 0.4) is 0 Å². The first-order chi connectivity index (χ1) is 10.1. The zero-order valence-corrected chi connectivity index (χ0v) is 12.0. The largest absolute Gasteiger partial charge is 0.497 e. The third kappa shape index (κ3) is 3.87. The van der Waals surface area contributed by atoms with Crippen molar-refractivity contribution in [2.24, 2.45) is 0 Å². The minimum absolute atomic E-state index is 0.201. The van der Waals surface area contributed by atoms with Gasteiger partial charge in [0.1, 0.15) is 11.8 Å². The van der Waals surface area contributed by atoms with Crippen LogP contribution in [0.2, 0.25) is 0 Å². The number of benzene rings is 1. The lowest BCUT2D eigenvalue weighted by Gasteiger charge is -2.34. The molecule has 1 aliphatic rings. The molecule has 1 unspecified atom stereocenters. The van der Waals surface area contributed by atoms with Crippen molar-refractivity contribution in [3.05, 3.63) is 29.8 Å². The van der Waals surface area contributed by atoms with E-state index in [9.17, 15) is 9.59 Å². The molecule has 0 bridgehead atoms. The van der Waals surface area contributed by atoms with Crippen LogP contribution in [0.5, 0.6) is 5.75 Å². The van der Waals surface area contributed by atoms with Crippen molar-refractivity contribution in [1.82, 2.24) is 10.2 Å². The zero-order chi connectivity index (χ0) is 15.2. The standard InChI is InChI=1S/C15H20N2O4/c1-21-12-7-5-11(6-8-12)4-2-3-9-17(15(19)20)13-10-16-14(13)18/h5-8,13H,2-4,9-10H2,1H3,(H,16,18)(H,19,20). The van der Waals surface area contributed by atoms with E-state index in [4.69, 9.17) is 9.84 Å². The third-order valence-corrected chi connectivity index (χ3v) is 3.67. The topological polar surface area (TPSA) is 78.9 Å². The number of nitrogens with one attached hydrogen (secondary N) is 1. The molecule has 0 saturated carbocycles. The second kappa shape index (κ2) is 6.97. The highest BCUT2D eigenvalue weighted by atomic mass is 16.5. The Morgan fingerprint density at radius 1 is 1.38 bits per heavy atom. The van der Waals surface area contributed by atoms with E-state index in [1.807, 2.05) is 24.3 Å². The predicted molar refractivity (Wildman–Crippen MR) is 77.5 cm³/mol. The van der Waals surface area contributed by atoms with Gasteiger partial charge in [-0.3, -0.25) is 9.69 Å². The number of rotatable bonds is 7. The van der Waals surface area contributed by atoms with E-state index in [-0.39, 0.29) is 5.91 Å². The first kappa shape index (κ1) is 15.2. The molecule has 2 rings (SSSR count). The first-order valence-electron chi connectivity index (χ1n) is 7.02. The second-order valence-corrected chi connectivity index (χ2v) is 5.04. The molecule has 21 heavy (non-hydrogen) atoms. The number of hydrogen-bond donors (Lipinski definition) is 2. The van der Waals surface area contributed by atoms with Crippen LogP contribution in [0.15, 0.2) is 24.3 Å². The van der Waals surface area contributed by atoms with Crippen LogP contribution in [0, 0.1) is 0 Å². The van der Waals surface area contributed by atoms with Crippen molar-refractivity contribution in [2.75, 3.05) is 20.2 Å². The van der Waals surface area contributed by atoms with Gasteiger partial charge in [-0.25, -0.2) is 4.79 Å². The number of ether oxygens (including phenoxy) is 1. The average molecular weight is 292 g/mol. The smallest absolute Gasteiger partial charge is 0.408 e. The van der Waals surface area contributed by atoms with Gasteiger partial charge in [0.15, 0.2) is 0 Å². The monoisotopic (exact) mass is 292 g/mol. The van der Waals surface area contributed by atoms with Gasteiger partial charge in [0.2, 0.25) is 5.91 Å². The molecule has 1 aromatic rings. The quantitative estimate of drug-likeness (QED) is 0.589. The molecule has 6 nitrogen and oxygen atoms in total. The second-order valence-electron chi connectivity index (χ2n) is 5.04. The molecule has 2 N–H and O–H groups in total. The van der Waals surface area contributed by atoms with Gasteiger partial charge >= 0.3 is 6.09 Å². The average Bonchev–Trinajstić information content (AvgIpc) is 2.48. The molecule has 2 amide bonds. The summed E-state index contributed by atoms with van der Waals surface area (Å²) in [4.78, 5) is 23.6. The van der Waals surface area contributed by atoms with Crippen LogP contribution >= 0.6 is 0 Å². The van der Waals surface area contributed by atoms with Gasteiger partial charge in [0, 0.05) is 13.1 Å². The summed E-state index contributed by atoms with van der Waals surface area (Å²) in [5, 5.41) is 11.7. The van der Waals surface area contributed by atoms with Crippen molar-refractivity contribution in [3.63, 3.8) is 0 Å². The summed E-state index contributed by atoms with van der Waals surface area (Å²) in [6, 6.07) is 7.33. The van der Waals surface area contributed by atoms with Crippen molar-refractivity contribution in [1.29, 1.82) is 0 Å². The fraction of sp³-hybridized carbons (Fsp3) is 0.467. The Morgan fingerprint density at radius 2 is 2.10 bits per heavy atom. The molecule has 1 fully saturated rings. The number of carbonyl (C=O) groups is 2. The van der Waals surface area contributed by atoms with Crippen molar-refractivity contribution in [2.45, 2.75) is 25.3 Å². The molecule has 114 valence electrons. The molecule has 1 heterocycles. The van der Waals surface area contributed by atoms with Crippen LogP contribution in [0.1, 0.15) is 18.4 Å². The normalized spacial score (nSPS) is 16.8. The van der Waals surface area contributed by atoms with Gasteiger partial charge in [0.05, 0.1) is 7.11 Å². The van der Waals surface area contributed by atoms with Gasteiger partial charge in [0.25, 0.3) is 0 Å².